The van der Waals surface area contributed by atoms with Crippen molar-refractivity contribution in [1.29, 1.82) is 0 Å². The molecule has 1 saturated carbocycles. The summed E-state index contributed by atoms with van der Waals surface area (Å²) in [4.78, 5) is 23.8. The molecule has 0 aliphatic heterocycles. The summed E-state index contributed by atoms with van der Waals surface area (Å²) in [5, 5.41) is 4.56. The zero-order chi connectivity index (χ0) is 17.7. The molecular formula is C16H20F3N3O2. The first-order chi connectivity index (χ1) is 11.3. The van der Waals surface area contributed by atoms with Crippen LogP contribution in [0, 0.1) is 11.8 Å². The maximum atomic E-state index is 12.2. The van der Waals surface area contributed by atoms with E-state index in [1.54, 1.807) is 5.32 Å². The maximum Gasteiger partial charge on any atom is 0.405 e. The lowest BCUT2D eigenvalue weighted by molar-refractivity contribution is -0.123. The molecule has 1 aliphatic rings. The monoisotopic (exact) mass is 343 g/mol. The van der Waals surface area contributed by atoms with Crippen molar-refractivity contribution in [2.45, 2.75) is 25.4 Å². The Balaban J connectivity index is 1.92. The predicted octanol–water partition coefficient (Wildman–Crippen LogP) is 2.29. The van der Waals surface area contributed by atoms with Gasteiger partial charge in [-0.25, -0.2) is 0 Å². The Hall–Kier alpha value is -2.09. The van der Waals surface area contributed by atoms with Gasteiger partial charge in [-0.15, -0.1) is 0 Å². The van der Waals surface area contributed by atoms with Gasteiger partial charge in [0, 0.05) is 17.2 Å². The molecular weight excluding hydrogens is 323 g/mol. The minimum atomic E-state index is -4.45. The van der Waals surface area contributed by atoms with Crippen molar-refractivity contribution in [2.24, 2.45) is 17.6 Å². The highest BCUT2D eigenvalue weighted by Gasteiger charge is 2.32. The van der Waals surface area contributed by atoms with Crippen LogP contribution in [0.1, 0.15) is 29.6 Å². The van der Waals surface area contributed by atoms with Gasteiger partial charge in [-0.1, -0.05) is 6.42 Å². The number of anilines is 1. The molecule has 2 rings (SSSR count). The molecule has 0 aromatic heterocycles. The van der Waals surface area contributed by atoms with Gasteiger partial charge in [0.15, 0.2) is 0 Å². The van der Waals surface area contributed by atoms with E-state index in [-0.39, 0.29) is 23.3 Å². The summed E-state index contributed by atoms with van der Waals surface area (Å²) < 4.78 is 36.2. The van der Waals surface area contributed by atoms with Crippen molar-refractivity contribution in [3.8, 4) is 0 Å². The molecule has 1 aromatic carbocycles. The highest BCUT2D eigenvalue weighted by molar-refractivity contribution is 5.96. The van der Waals surface area contributed by atoms with E-state index in [0.29, 0.717) is 12.2 Å². The summed E-state index contributed by atoms with van der Waals surface area (Å²) in [6.45, 7) is -0.914. The Kier molecular flexibility index (Phi) is 5.82. The number of amides is 2. The number of carbonyl (C=O) groups excluding carboxylic acids is 2. The summed E-state index contributed by atoms with van der Waals surface area (Å²) in [6.07, 6.45) is -1.75. The van der Waals surface area contributed by atoms with E-state index in [0.717, 1.165) is 19.3 Å². The lowest BCUT2D eigenvalue weighted by atomic mass is 9.95. The van der Waals surface area contributed by atoms with Crippen molar-refractivity contribution in [3.63, 3.8) is 0 Å². The predicted molar refractivity (Wildman–Crippen MR) is 83.3 cm³/mol. The van der Waals surface area contributed by atoms with Crippen LogP contribution in [0.2, 0.25) is 0 Å². The molecule has 8 heteroatoms. The van der Waals surface area contributed by atoms with Crippen LogP contribution in [-0.2, 0) is 4.79 Å². The summed E-state index contributed by atoms with van der Waals surface area (Å²) in [5.74, 6) is -0.872. The van der Waals surface area contributed by atoms with Gasteiger partial charge in [-0.2, -0.15) is 13.2 Å². The first-order valence-corrected chi connectivity index (χ1v) is 7.76. The molecule has 1 fully saturated rings. The fourth-order valence-electron chi connectivity index (χ4n) is 2.89. The van der Waals surface area contributed by atoms with Crippen LogP contribution in [0.25, 0.3) is 0 Å². The number of halogens is 3. The molecule has 132 valence electrons. The van der Waals surface area contributed by atoms with Crippen LogP contribution in [0.3, 0.4) is 0 Å². The largest absolute Gasteiger partial charge is 0.405 e. The lowest BCUT2D eigenvalue weighted by Gasteiger charge is -2.17. The number of hydrogen-bond acceptors (Lipinski definition) is 3. The van der Waals surface area contributed by atoms with E-state index in [9.17, 15) is 22.8 Å². The molecule has 0 bridgehead atoms. The Morgan fingerprint density at radius 2 is 1.83 bits per heavy atom. The van der Waals surface area contributed by atoms with Gasteiger partial charge in [-0.05, 0) is 49.6 Å². The molecule has 0 unspecified atom stereocenters. The molecule has 5 nitrogen and oxygen atoms in total. The summed E-state index contributed by atoms with van der Waals surface area (Å²) in [7, 11) is 0. The van der Waals surface area contributed by atoms with Gasteiger partial charge < -0.3 is 16.4 Å². The number of benzene rings is 1. The first-order valence-electron chi connectivity index (χ1n) is 7.76. The third-order valence-electron chi connectivity index (χ3n) is 4.16. The highest BCUT2D eigenvalue weighted by atomic mass is 19.4. The maximum absolute atomic E-state index is 12.2. The Bertz CT molecular complexity index is 587. The number of rotatable bonds is 5. The standard InChI is InChI=1S/C16H20F3N3O2/c17-16(18,19)9-21-14(23)10-4-6-12(7-5-10)22-15(24)13-3-1-2-11(13)8-20/h4-7,11,13H,1-3,8-9,20H2,(H,21,23)(H,22,24)/t11-,13-/m1/s1. The van der Waals surface area contributed by atoms with Crippen molar-refractivity contribution < 1.29 is 22.8 Å². The van der Waals surface area contributed by atoms with Gasteiger partial charge in [-0.3, -0.25) is 9.59 Å². The van der Waals surface area contributed by atoms with Crippen LogP contribution in [0.4, 0.5) is 18.9 Å². The molecule has 0 radical (unpaired) electrons. The highest BCUT2D eigenvalue weighted by Crippen LogP contribution is 2.31. The third kappa shape index (κ3) is 4.95. The molecule has 0 spiro atoms. The molecule has 4 N–H and O–H groups in total. The fraction of sp³-hybridized carbons (Fsp3) is 0.500. The van der Waals surface area contributed by atoms with Crippen LogP contribution in [0.15, 0.2) is 24.3 Å². The SMILES string of the molecule is NC[C@H]1CCC[C@H]1C(=O)Nc1ccc(C(=O)NCC(F)(F)F)cc1. The minimum absolute atomic E-state index is 0.0953. The Morgan fingerprint density at radius 3 is 2.42 bits per heavy atom. The number of nitrogens with two attached hydrogens (primary N) is 1. The van der Waals surface area contributed by atoms with E-state index in [1.807, 2.05) is 0 Å². The van der Waals surface area contributed by atoms with E-state index < -0.39 is 18.6 Å². The van der Waals surface area contributed by atoms with E-state index in [2.05, 4.69) is 5.32 Å². The molecule has 24 heavy (non-hydrogen) atoms. The van der Waals surface area contributed by atoms with Crippen LogP contribution >= 0.6 is 0 Å². The molecule has 2 atom stereocenters. The quantitative estimate of drug-likeness (QED) is 0.767. The number of carbonyl (C=O) groups is 2. The second-order valence-electron chi connectivity index (χ2n) is 5.90. The smallest absolute Gasteiger partial charge is 0.343 e. The molecule has 2 amide bonds. The second-order valence-corrected chi connectivity index (χ2v) is 5.90. The average Bonchev–Trinajstić information content (AvgIpc) is 3.01. The number of hydrogen-bond donors (Lipinski definition) is 3. The summed E-state index contributed by atoms with van der Waals surface area (Å²) in [6, 6.07) is 5.73. The molecule has 0 saturated heterocycles. The van der Waals surface area contributed by atoms with Gasteiger partial charge in [0.25, 0.3) is 5.91 Å². The normalized spacial score (nSPS) is 20.7. The lowest BCUT2D eigenvalue weighted by Crippen LogP contribution is -2.33. The van der Waals surface area contributed by atoms with Crippen molar-refractivity contribution in [1.82, 2.24) is 5.32 Å². The topological polar surface area (TPSA) is 84.2 Å². The van der Waals surface area contributed by atoms with Gasteiger partial charge >= 0.3 is 6.18 Å². The van der Waals surface area contributed by atoms with Crippen molar-refractivity contribution in [3.05, 3.63) is 29.8 Å². The third-order valence-corrected chi connectivity index (χ3v) is 4.16. The Labute approximate surface area is 137 Å². The number of nitrogens with one attached hydrogen (secondary N) is 2. The van der Waals surface area contributed by atoms with Crippen molar-refractivity contribution >= 4 is 17.5 Å². The first kappa shape index (κ1) is 18.3. The van der Waals surface area contributed by atoms with Gasteiger partial charge in [0.2, 0.25) is 5.91 Å². The van der Waals surface area contributed by atoms with Crippen molar-refractivity contribution in [2.75, 3.05) is 18.4 Å². The number of alkyl halides is 3. The zero-order valence-corrected chi connectivity index (χ0v) is 13.0. The second kappa shape index (κ2) is 7.65. The van der Waals surface area contributed by atoms with Crippen LogP contribution in [0.5, 0.6) is 0 Å². The van der Waals surface area contributed by atoms with Crippen LogP contribution < -0.4 is 16.4 Å². The summed E-state index contributed by atoms with van der Waals surface area (Å²) in [5.41, 5.74) is 6.25. The van der Waals surface area contributed by atoms with E-state index >= 15 is 0 Å². The zero-order valence-electron chi connectivity index (χ0n) is 13.0. The molecule has 1 aliphatic carbocycles. The van der Waals surface area contributed by atoms with Crippen LogP contribution in [-0.4, -0.2) is 31.1 Å². The van der Waals surface area contributed by atoms with Gasteiger partial charge in [0.1, 0.15) is 6.54 Å². The van der Waals surface area contributed by atoms with E-state index in [1.165, 1.54) is 24.3 Å². The van der Waals surface area contributed by atoms with E-state index in [4.69, 9.17) is 5.73 Å². The molecule has 1 aromatic rings. The minimum Gasteiger partial charge on any atom is -0.343 e. The fourth-order valence-corrected chi connectivity index (χ4v) is 2.89. The molecule has 0 heterocycles. The summed E-state index contributed by atoms with van der Waals surface area (Å²) >= 11 is 0. The van der Waals surface area contributed by atoms with Gasteiger partial charge in [0.05, 0.1) is 0 Å². The Morgan fingerprint density at radius 1 is 1.17 bits per heavy atom. The average molecular weight is 343 g/mol.